The molecule has 0 aliphatic carbocycles. The molecule has 0 saturated carbocycles. The summed E-state index contributed by atoms with van der Waals surface area (Å²) in [5, 5.41) is 10.9. The molecular formula is C14H12FN3O3S. The van der Waals surface area contributed by atoms with Crippen molar-refractivity contribution in [3.8, 4) is 0 Å². The van der Waals surface area contributed by atoms with Gasteiger partial charge < -0.3 is 0 Å². The van der Waals surface area contributed by atoms with Crippen LogP contribution in [0.3, 0.4) is 0 Å². The van der Waals surface area contributed by atoms with Crippen molar-refractivity contribution in [3.05, 3.63) is 58.5 Å². The number of thioether (sulfide) groups is 1. The number of nitro groups is 1. The minimum absolute atomic E-state index is 0.0582. The highest BCUT2D eigenvalue weighted by Gasteiger charge is 2.18. The molecule has 0 bridgehead atoms. The third kappa shape index (κ3) is 3.59. The standard InChI is InChI=1S/C14H12FN3O3S/c1-17(14-10(15)5-4-8-16-14)13(19)9-22-12-7-3-2-6-11(12)18(20)21/h2-8H,9H2,1H3. The first-order valence-corrected chi connectivity index (χ1v) is 7.22. The second kappa shape index (κ2) is 6.99. The molecule has 0 fully saturated rings. The van der Waals surface area contributed by atoms with Gasteiger partial charge in [-0.25, -0.2) is 9.37 Å². The van der Waals surface area contributed by atoms with Gasteiger partial charge in [-0.3, -0.25) is 19.8 Å². The Morgan fingerprint density at radius 3 is 2.77 bits per heavy atom. The van der Waals surface area contributed by atoms with E-state index in [1.54, 1.807) is 18.2 Å². The number of carbonyl (C=O) groups excluding carboxylic acids is 1. The van der Waals surface area contributed by atoms with E-state index in [4.69, 9.17) is 0 Å². The molecule has 0 spiro atoms. The molecule has 0 atom stereocenters. The molecule has 1 amide bonds. The fraction of sp³-hybridized carbons (Fsp3) is 0.143. The number of anilines is 1. The highest BCUT2D eigenvalue weighted by Crippen LogP contribution is 2.29. The number of amides is 1. The minimum atomic E-state index is -0.603. The van der Waals surface area contributed by atoms with Crippen LogP contribution in [-0.2, 0) is 4.79 Å². The lowest BCUT2D eigenvalue weighted by atomic mass is 10.3. The molecule has 22 heavy (non-hydrogen) atoms. The number of hydrogen-bond donors (Lipinski definition) is 0. The molecule has 2 aromatic rings. The van der Waals surface area contributed by atoms with Crippen LogP contribution in [0.15, 0.2) is 47.5 Å². The summed E-state index contributed by atoms with van der Waals surface area (Å²) < 4.78 is 13.6. The molecule has 0 saturated heterocycles. The zero-order chi connectivity index (χ0) is 16.1. The van der Waals surface area contributed by atoms with Gasteiger partial charge in [0.1, 0.15) is 0 Å². The Labute approximate surface area is 130 Å². The van der Waals surface area contributed by atoms with Gasteiger partial charge in [-0.15, -0.1) is 11.8 Å². The fourth-order valence-electron chi connectivity index (χ4n) is 1.71. The van der Waals surface area contributed by atoms with Gasteiger partial charge in [0.15, 0.2) is 11.6 Å². The van der Waals surface area contributed by atoms with Gasteiger partial charge in [0.2, 0.25) is 5.91 Å². The maximum Gasteiger partial charge on any atom is 0.282 e. The van der Waals surface area contributed by atoms with Crippen LogP contribution in [0.5, 0.6) is 0 Å². The Bertz CT molecular complexity index is 711. The topological polar surface area (TPSA) is 76.3 Å². The highest BCUT2D eigenvalue weighted by molar-refractivity contribution is 8.00. The molecule has 0 aliphatic rings. The zero-order valence-electron chi connectivity index (χ0n) is 11.6. The second-order valence-electron chi connectivity index (χ2n) is 4.28. The quantitative estimate of drug-likeness (QED) is 0.481. The first-order chi connectivity index (χ1) is 10.5. The maximum absolute atomic E-state index is 13.6. The van der Waals surface area contributed by atoms with Gasteiger partial charge in [-0.2, -0.15) is 0 Å². The van der Waals surface area contributed by atoms with E-state index in [0.29, 0.717) is 4.90 Å². The van der Waals surface area contributed by atoms with Crippen LogP contribution in [-0.4, -0.2) is 28.6 Å². The number of pyridine rings is 1. The number of nitro benzene ring substituents is 1. The molecule has 1 aromatic carbocycles. The molecule has 1 heterocycles. The summed E-state index contributed by atoms with van der Waals surface area (Å²) in [4.78, 5) is 27.8. The van der Waals surface area contributed by atoms with E-state index in [1.807, 2.05) is 0 Å². The van der Waals surface area contributed by atoms with E-state index < -0.39 is 16.6 Å². The molecule has 0 aliphatic heterocycles. The summed E-state index contributed by atoms with van der Waals surface area (Å²) in [6.07, 6.45) is 1.39. The van der Waals surface area contributed by atoms with E-state index in [-0.39, 0.29) is 17.3 Å². The van der Waals surface area contributed by atoms with Crippen molar-refractivity contribution in [1.82, 2.24) is 4.98 Å². The highest BCUT2D eigenvalue weighted by atomic mass is 32.2. The Hall–Kier alpha value is -2.48. The van der Waals surface area contributed by atoms with Crippen LogP contribution in [0.2, 0.25) is 0 Å². The number of benzene rings is 1. The molecule has 0 radical (unpaired) electrons. The number of nitrogens with zero attached hydrogens (tertiary/aromatic N) is 3. The molecular weight excluding hydrogens is 309 g/mol. The number of rotatable bonds is 5. The number of aromatic nitrogens is 1. The Morgan fingerprint density at radius 1 is 1.36 bits per heavy atom. The van der Waals surface area contributed by atoms with Crippen LogP contribution in [0.25, 0.3) is 0 Å². The largest absolute Gasteiger partial charge is 0.297 e. The lowest BCUT2D eigenvalue weighted by Crippen LogP contribution is -2.29. The summed E-state index contributed by atoms with van der Waals surface area (Å²) >= 11 is 1.03. The molecule has 1 aromatic heterocycles. The van der Waals surface area contributed by atoms with Gasteiger partial charge >= 0.3 is 0 Å². The third-order valence-corrected chi connectivity index (χ3v) is 3.89. The van der Waals surface area contributed by atoms with Crippen molar-refractivity contribution in [2.75, 3.05) is 17.7 Å². The normalized spacial score (nSPS) is 10.3. The molecule has 6 nitrogen and oxygen atoms in total. The molecule has 0 N–H and O–H groups in total. The number of para-hydroxylation sites is 1. The first kappa shape index (κ1) is 15.9. The predicted molar refractivity (Wildman–Crippen MR) is 81.4 cm³/mol. The average Bonchev–Trinajstić information content (AvgIpc) is 2.52. The van der Waals surface area contributed by atoms with Crippen LogP contribution in [0.4, 0.5) is 15.9 Å². The zero-order valence-corrected chi connectivity index (χ0v) is 12.4. The average molecular weight is 321 g/mol. The third-order valence-electron chi connectivity index (χ3n) is 2.84. The summed E-state index contributed by atoms with van der Waals surface area (Å²) in [5.74, 6) is -1.14. The smallest absolute Gasteiger partial charge is 0.282 e. The SMILES string of the molecule is CN(C(=O)CSc1ccccc1[N+](=O)[O-])c1ncccc1F. The first-order valence-electron chi connectivity index (χ1n) is 6.24. The maximum atomic E-state index is 13.6. The van der Waals surface area contributed by atoms with Crippen molar-refractivity contribution in [3.63, 3.8) is 0 Å². The second-order valence-corrected chi connectivity index (χ2v) is 5.29. The lowest BCUT2D eigenvalue weighted by molar-refractivity contribution is -0.387. The van der Waals surface area contributed by atoms with Crippen molar-refractivity contribution >= 4 is 29.2 Å². The van der Waals surface area contributed by atoms with Gasteiger partial charge in [0.05, 0.1) is 15.6 Å². The Morgan fingerprint density at radius 2 is 2.09 bits per heavy atom. The predicted octanol–water partition coefficient (Wildman–Crippen LogP) is 2.88. The van der Waals surface area contributed by atoms with Gasteiger partial charge in [0, 0.05) is 19.3 Å². The van der Waals surface area contributed by atoms with Gasteiger partial charge in [-0.1, -0.05) is 12.1 Å². The molecule has 2 rings (SSSR count). The van der Waals surface area contributed by atoms with Crippen molar-refractivity contribution in [2.24, 2.45) is 0 Å². The van der Waals surface area contributed by atoms with Crippen LogP contribution in [0.1, 0.15) is 0 Å². The minimum Gasteiger partial charge on any atom is -0.297 e. The fourth-order valence-corrected chi connectivity index (χ4v) is 2.65. The summed E-state index contributed by atoms with van der Waals surface area (Å²) in [6.45, 7) is 0. The number of hydrogen-bond acceptors (Lipinski definition) is 5. The van der Waals surface area contributed by atoms with Crippen molar-refractivity contribution < 1.29 is 14.1 Å². The monoisotopic (exact) mass is 321 g/mol. The van der Waals surface area contributed by atoms with Crippen molar-refractivity contribution in [1.29, 1.82) is 0 Å². The van der Waals surface area contributed by atoms with Crippen molar-refractivity contribution in [2.45, 2.75) is 4.90 Å². The number of halogens is 1. The van der Waals surface area contributed by atoms with E-state index in [1.165, 1.54) is 31.4 Å². The summed E-state index contributed by atoms with van der Waals surface area (Å²) in [7, 11) is 1.41. The van der Waals surface area contributed by atoms with Crippen LogP contribution >= 0.6 is 11.8 Å². The Kier molecular flexibility index (Phi) is 5.05. The van der Waals surface area contributed by atoms with E-state index in [0.717, 1.165) is 16.7 Å². The van der Waals surface area contributed by atoms with E-state index >= 15 is 0 Å². The van der Waals surface area contributed by atoms with Gasteiger partial charge in [-0.05, 0) is 18.2 Å². The molecule has 0 unspecified atom stereocenters. The van der Waals surface area contributed by atoms with E-state index in [9.17, 15) is 19.3 Å². The lowest BCUT2D eigenvalue weighted by Gasteiger charge is -2.16. The number of carbonyl (C=O) groups is 1. The van der Waals surface area contributed by atoms with Crippen LogP contribution < -0.4 is 4.90 Å². The van der Waals surface area contributed by atoms with Gasteiger partial charge in [0.25, 0.3) is 5.69 Å². The van der Waals surface area contributed by atoms with Crippen LogP contribution in [0, 0.1) is 15.9 Å². The molecule has 8 heteroatoms. The summed E-state index contributed by atoms with van der Waals surface area (Å²) in [5.41, 5.74) is -0.0630. The summed E-state index contributed by atoms with van der Waals surface area (Å²) in [6, 6.07) is 8.79. The molecule has 114 valence electrons. The van der Waals surface area contributed by atoms with E-state index in [2.05, 4.69) is 4.98 Å². The Balaban J connectivity index is 2.08.